The van der Waals surface area contributed by atoms with Crippen LogP contribution in [-0.4, -0.2) is 111 Å². The van der Waals surface area contributed by atoms with Gasteiger partial charge in [-0.25, -0.2) is 0 Å². The minimum atomic E-state index is -0.692. The van der Waals surface area contributed by atoms with E-state index >= 15 is 0 Å². The Bertz CT molecular complexity index is 2050. The number of hydrogen-bond acceptors (Lipinski definition) is 9. The molecule has 5 heterocycles. The number of halogens is 1. The van der Waals surface area contributed by atoms with E-state index in [1.54, 1.807) is 12.1 Å². The van der Waals surface area contributed by atoms with Gasteiger partial charge >= 0.3 is 0 Å². The summed E-state index contributed by atoms with van der Waals surface area (Å²) >= 11 is 6.38. The van der Waals surface area contributed by atoms with E-state index in [-0.39, 0.29) is 29.6 Å². The number of likely N-dealkylation sites (tertiary alicyclic amines) is 1. The van der Waals surface area contributed by atoms with Gasteiger partial charge in [-0.05, 0) is 124 Å². The molecule has 5 aliphatic heterocycles. The van der Waals surface area contributed by atoms with E-state index in [0.29, 0.717) is 34.5 Å². The molecule has 3 aromatic carbocycles. The highest BCUT2D eigenvalue weighted by Crippen LogP contribution is 2.46. The fourth-order valence-corrected chi connectivity index (χ4v) is 10.0. The summed E-state index contributed by atoms with van der Waals surface area (Å²) < 4.78 is 0. The predicted octanol–water partition coefficient (Wildman–Crippen LogP) is 5.31. The molecule has 13 heteroatoms. The van der Waals surface area contributed by atoms with Gasteiger partial charge in [0, 0.05) is 106 Å². The SMILES string of the molecule is C[C@H]1CC2(CCN(c3ccc(C(=O)N4CCC(CN5CCN(c6ccc(C(=O)N[C@H]7CCC(=O)NC7=O)cc6)CC5)CC4)cc3)CC2)CN1c1ccc(C#N)c(Cl)c1. The molecule has 5 saturated heterocycles. The van der Waals surface area contributed by atoms with Crippen molar-refractivity contribution in [1.82, 2.24) is 20.4 Å². The van der Waals surface area contributed by atoms with Crippen molar-refractivity contribution in [3.8, 4) is 6.07 Å². The van der Waals surface area contributed by atoms with Gasteiger partial charge in [0.25, 0.3) is 11.8 Å². The van der Waals surface area contributed by atoms with Crippen LogP contribution in [0.2, 0.25) is 5.02 Å². The van der Waals surface area contributed by atoms with Crippen molar-refractivity contribution in [2.75, 3.05) is 80.1 Å². The normalized spacial score (nSPS) is 22.8. The first-order chi connectivity index (χ1) is 28.1. The summed E-state index contributed by atoms with van der Waals surface area (Å²) in [5.74, 6) is -0.388. The fourth-order valence-electron chi connectivity index (χ4n) is 9.81. The Hall–Kier alpha value is -5.12. The molecule has 58 heavy (non-hydrogen) atoms. The van der Waals surface area contributed by atoms with Crippen molar-refractivity contribution in [1.29, 1.82) is 5.26 Å². The van der Waals surface area contributed by atoms with E-state index in [4.69, 9.17) is 11.6 Å². The average molecular weight is 805 g/mol. The highest BCUT2D eigenvalue weighted by molar-refractivity contribution is 6.32. The van der Waals surface area contributed by atoms with Crippen LogP contribution in [0.25, 0.3) is 0 Å². The molecule has 2 atom stereocenters. The van der Waals surface area contributed by atoms with E-state index in [1.165, 1.54) is 5.69 Å². The third-order valence-electron chi connectivity index (χ3n) is 13.3. The quantitative estimate of drug-likeness (QED) is 0.291. The molecule has 5 aliphatic rings. The molecule has 0 bridgehead atoms. The van der Waals surface area contributed by atoms with E-state index in [1.807, 2.05) is 47.4 Å². The lowest BCUT2D eigenvalue weighted by Crippen LogP contribution is -2.52. The van der Waals surface area contributed by atoms with Gasteiger partial charge in [-0.3, -0.25) is 29.4 Å². The Balaban J connectivity index is 0.749. The Morgan fingerprint density at radius 2 is 1.45 bits per heavy atom. The Morgan fingerprint density at radius 1 is 0.828 bits per heavy atom. The molecule has 304 valence electrons. The molecule has 0 unspecified atom stereocenters. The van der Waals surface area contributed by atoms with Crippen molar-refractivity contribution >= 4 is 52.3 Å². The monoisotopic (exact) mass is 804 g/mol. The summed E-state index contributed by atoms with van der Waals surface area (Å²) in [6, 6.07) is 23.4. The number of amides is 4. The molecule has 0 radical (unpaired) electrons. The number of piperidine rings is 3. The molecular weight excluding hydrogens is 752 g/mol. The Labute approximate surface area is 346 Å². The summed E-state index contributed by atoms with van der Waals surface area (Å²) in [4.78, 5) is 61.5. The van der Waals surface area contributed by atoms with Gasteiger partial charge in [0.2, 0.25) is 11.8 Å². The number of benzene rings is 3. The first-order valence-corrected chi connectivity index (χ1v) is 21.3. The molecule has 5 fully saturated rings. The molecule has 4 amide bonds. The smallest absolute Gasteiger partial charge is 0.253 e. The third kappa shape index (κ3) is 8.66. The number of nitrogens with zero attached hydrogens (tertiary/aromatic N) is 6. The van der Waals surface area contributed by atoms with E-state index in [0.717, 1.165) is 114 Å². The molecular formula is C45H53ClN8O4. The van der Waals surface area contributed by atoms with Crippen LogP contribution in [-0.2, 0) is 9.59 Å². The summed E-state index contributed by atoms with van der Waals surface area (Å²) in [6.07, 6.45) is 5.94. The van der Waals surface area contributed by atoms with Crippen LogP contribution in [0.15, 0.2) is 66.7 Å². The van der Waals surface area contributed by atoms with E-state index in [9.17, 15) is 24.4 Å². The van der Waals surface area contributed by atoms with Crippen LogP contribution in [0.4, 0.5) is 17.1 Å². The zero-order valence-corrected chi connectivity index (χ0v) is 34.1. The second-order valence-corrected chi connectivity index (χ2v) is 17.4. The van der Waals surface area contributed by atoms with Gasteiger partial charge < -0.3 is 24.9 Å². The first kappa shape index (κ1) is 39.7. The molecule has 1 spiro atoms. The third-order valence-corrected chi connectivity index (χ3v) is 13.6. The van der Waals surface area contributed by atoms with Crippen LogP contribution in [0.3, 0.4) is 0 Å². The number of anilines is 3. The van der Waals surface area contributed by atoms with Crippen molar-refractivity contribution in [2.24, 2.45) is 11.3 Å². The van der Waals surface area contributed by atoms with Crippen molar-refractivity contribution in [3.63, 3.8) is 0 Å². The number of carbonyl (C=O) groups is 4. The molecule has 0 aliphatic carbocycles. The maximum Gasteiger partial charge on any atom is 0.253 e. The summed E-state index contributed by atoms with van der Waals surface area (Å²) in [6.45, 7) is 11.6. The number of piperazine rings is 1. The van der Waals surface area contributed by atoms with Crippen LogP contribution in [0.1, 0.15) is 78.1 Å². The van der Waals surface area contributed by atoms with Crippen molar-refractivity contribution in [2.45, 2.75) is 64.0 Å². The van der Waals surface area contributed by atoms with Crippen LogP contribution in [0.5, 0.6) is 0 Å². The van der Waals surface area contributed by atoms with Crippen molar-refractivity contribution < 1.29 is 19.2 Å². The number of nitrogens with one attached hydrogen (secondary N) is 2. The van der Waals surface area contributed by atoms with Crippen molar-refractivity contribution in [3.05, 3.63) is 88.4 Å². The summed E-state index contributed by atoms with van der Waals surface area (Å²) in [5.41, 5.74) is 5.37. The minimum absolute atomic E-state index is 0.124. The van der Waals surface area contributed by atoms with E-state index < -0.39 is 11.9 Å². The number of hydrogen-bond donors (Lipinski definition) is 2. The lowest BCUT2D eigenvalue weighted by Gasteiger charge is -2.40. The van der Waals surface area contributed by atoms with Crippen LogP contribution >= 0.6 is 11.6 Å². The second-order valence-electron chi connectivity index (χ2n) is 17.0. The Kier molecular flexibility index (Phi) is 11.6. The topological polar surface area (TPSA) is 132 Å². The van der Waals surface area contributed by atoms with Gasteiger partial charge in [-0.1, -0.05) is 11.6 Å². The first-order valence-electron chi connectivity index (χ1n) is 20.9. The largest absolute Gasteiger partial charge is 0.371 e. The number of nitriles is 1. The highest BCUT2D eigenvalue weighted by atomic mass is 35.5. The average Bonchev–Trinajstić information content (AvgIpc) is 3.57. The van der Waals surface area contributed by atoms with Gasteiger partial charge in [0.05, 0.1) is 10.6 Å². The second kappa shape index (κ2) is 17.0. The van der Waals surface area contributed by atoms with Gasteiger partial charge in [-0.2, -0.15) is 5.26 Å². The van der Waals surface area contributed by atoms with Crippen LogP contribution in [0, 0.1) is 22.7 Å². The van der Waals surface area contributed by atoms with Gasteiger partial charge in [-0.15, -0.1) is 0 Å². The Morgan fingerprint density at radius 3 is 2.07 bits per heavy atom. The molecule has 8 rings (SSSR count). The number of carbonyl (C=O) groups excluding carboxylic acids is 4. The summed E-state index contributed by atoms with van der Waals surface area (Å²) in [5, 5.41) is 14.8. The fraction of sp³-hybridized carbons (Fsp3) is 0.489. The summed E-state index contributed by atoms with van der Waals surface area (Å²) in [7, 11) is 0. The maximum absolute atomic E-state index is 13.6. The van der Waals surface area contributed by atoms with E-state index in [2.05, 4.69) is 55.4 Å². The highest BCUT2D eigenvalue weighted by Gasteiger charge is 2.44. The van der Waals surface area contributed by atoms with Gasteiger partial charge in [0.1, 0.15) is 12.1 Å². The number of imide groups is 1. The van der Waals surface area contributed by atoms with Gasteiger partial charge in [0.15, 0.2) is 0 Å². The standard InChI is InChI=1S/C45H53ClN8O4/c1-31-27-45(30-54(31)38-11-6-35(28-47)39(46)26-38)16-20-51(21-17-45)36-9-4-34(5-10-36)44(58)53-18-14-32(15-19-53)29-50-22-24-52(25-23-50)37-7-2-33(3-8-37)42(56)48-40-12-13-41(55)49-43(40)57/h2-11,26,31-32,40H,12-25,27,29-30H2,1H3,(H,48,56)(H,49,55,57)/t31-,40-/m0/s1. The minimum Gasteiger partial charge on any atom is -0.371 e. The lowest BCUT2D eigenvalue weighted by atomic mass is 9.76. The zero-order valence-electron chi connectivity index (χ0n) is 33.3. The molecule has 12 nitrogen and oxygen atoms in total. The predicted molar refractivity (Wildman–Crippen MR) is 225 cm³/mol. The number of rotatable bonds is 8. The molecule has 3 aromatic rings. The van der Waals surface area contributed by atoms with Crippen LogP contribution < -0.4 is 25.3 Å². The maximum atomic E-state index is 13.6. The lowest BCUT2D eigenvalue weighted by molar-refractivity contribution is -0.134. The zero-order chi connectivity index (χ0) is 40.4. The molecule has 2 N–H and O–H groups in total. The molecule has 0 saturated carbocycles. The molecule has 0 aromatic heterocycles.